The van der Waals surface area contributed by atoms with E-state index < -0.39 is 21.6 Å². The van der Waals surface area contributed by atoms with Crippen LogP contribution in [0.5, 0.6) is 0 Å². The summed E-state index contributed by atoms with van der Waals surface area (Å²) in [7, 11) is -2.23. The molecule has 0 bridgehead atoms. The SMILES string of the molecule is O=[C-]O.O=[C-]O.O=[C-]O.O=[C-]O.O=[C-]OCCO.O=[C-]OCCO.OCCO.SCS.[CH2-]S(=O)CS[C-]=O.[CH2-]S(=O)CS[C-]=O.[Y].[Y].[Y].[Y].[Y]. The van der Waals surface area contributed by atoms with Gasteiger partial charge in [0.15, 0.2) is 0 Å². The molecular formula is C19H32O20S6Y5-10. The number of carbonyl (C=O) groups excluding carboxylic acids is 4. The maximum Gasteiger partial charge on any atom is 0.0738 e. The van der Waals surface area contributed by atoms with Crippen molar-refractivity contribution in [3.05, 3.63) is 12.5 Å². The summed E-state index contributed by atoms with van der Waals surface area (Å²) in [6.45, 7) is 3.90. The second-order valence-electron chi connectivity index (χ2n) is 3.84. The summed E-state index contributed by atoms with van der Waals surface area (Å²) in [5, 5.41) is 59.2. The van der Waals surface area contributed by atoms with Crippen LogP contribution in [0.25, 0.3) is 0 Å². The standard InChI is InChI=1S/2C3H5O3.2C3H4O2S2.C2H6O2.4CHO2.CH4S2.5Y/c2*4-1-2-6-3-5;2*1-7(5)3-6-2-4;3-1-2-4;5*2-1-3;;;;;/h2*4H,1-2H2;2*1,3H2;3-4H,1-2H2;4*(H,2,3);2-3H,1H2;;;;;/q2*-1;2*-2;;4*-1;;;;;;. The van der Waals surface area contributed by atoms with Crippen molar-refractivity contribution in [2.75, 3.05) is 54.9 Å². The molecule has 8 N–H and O–H groups in total. The van der Waals surface area contributed by atoms with Crippen LogP contribution in [0.3, 0.4) is 0 Å². The van der Waals surface area contributed by atoms with E-state index >= 15 is 0 Å². The Bertz CT molecular complexity index is 554. The van der Waals surface area contributed by atoms with Gasteiger partial charge in [-0.2, -0.15) is 25.3 Å². The summed E-state index contributed by atoms with van der Waals surface area (Å²) in [6, 6.07) is 0. The van der Waals surface area contributed by atoms with Crippen LogP contribution in [0.1, 0.15) is 0 Å². The van der Waals surface area contributed by atoms with Crippen molar-refractivity contribution in [2.45, 2.75) is 0 Å². The Labute approximate surface area is 440 Å². The van der Waals surface area contributed by atoms with Crippen molar-refractivity contribution < 1.29 is 261 Å². The summed E-state index contributed by atoms with van der Waals surface area (Å²) >= 11 is 9.00. The molecule has 0 fully saturated rings. The number of ether oxygens (including phenoxy) is 2. The number of hydrogen-bond acceptors (Lipinski definition) is 20. The second kappa shape index (κ2) is 150. The normalized spacial score (nSPS) is 7.44. The maximum atomic E-state index is 10.0. The molecule has 0 aliphatic rings. The van der Waals surface area contributed by atoms with Crippen molar-refractivity contribution in [1.82, 2.24) is 0 Å². The predicted octanol–water partition coefficient (Wildman–Crippen LogP) is -3.10. The number of aliphatic hydroxyl groups excluding tert-OH is 8. The van der Waals surface area contributed by atoms with Crippen LogP contribution in [0.2, 0.25) is 0 Å². The zero-order chi connectivity index (χ0) is 38.0. The summed E-state index contributed by atoms with van der Waals surface area (Å²) in [5.74, 6) is 0. The molecule has 0 aromatic heterocycles. The van der Waals surface area contributed by atoms with Gasteiger partial charge in [0.25, 0.3) is 0 Å². The molecule has 289 valence electrons. The third kappa shape index (κ3) is 389. The molecule has 0 saturated heterocycles. The van der Waals surface area contributed by atoms with Crippen LogP contribution < -0.4 is 0 Å². The molecule has 0 amide bonds. The van der Waals surface area contributed by atoms with Crippen LogP contribution in [0.4, 0.5) is 0 Å². The largest absolute Gasteiger partial charge is 0.665 e. The van der Waals surface area contributed by atoms with Gasteiger partial charge >= 0.3 is 0 Å². The number of aliphatic hydroxyl groups is 4. The number of rotatable bonds is 13. The van der Waals surface area contributed by atoms with Gasteiger partial charge in [-0.1, -0.05) is 38.8 Å². The molecule has 0 aromatic rings. The first-order valence-corrected chi connectivity index (χ1v) is 15.6. The molecule has 0 spiro atoms. The molecule has 31 heteroatoms. The molecular weight excluding hydrogens is 1190 g/mol. The monoisotopic (exact) mass is 1220 g/mol. The van der Waals surface area contributed by atoms with Crippen molar-refractivity contribution >= 4 is 120 Å². The van der Waals surface area contributed by atoms with Crippen LogP contribution >= 0.6 is 48.8 Å². The van der Waals surface area contributed by atoms with E-state index in [0.29, 0.717) is 31.0 Å². The van der Waals surface area contributed by atoms with Crippen molar-refractivity contribution in [1.29, 1.82) is 0 Å². The van der Waals surface area contributed by atoms with Crippen molar-refractivity contribution in [3.8, 4) is 0 Å². The van der Waals surface area contributed by atoms with Gasteiger partial charge in [0.05, 0.1) is 39.6 Å². The molecule has 2 atom stereocenters. The zero-order valence-electron chi connectivity index (χ0n) is 25.7. The van der Waals surface area contributed by atoms with Crippen molar-refractivity contribution in [2.24, 2.45) is 0 Å². The Morgan fingerprint density at radius 2 is 0.700 bits per heavy atom. The van der Waals surface area contributed by atoms with Gasteiger partial charge in [0.2, 0.25) is 0 Å². The Morgan fingerprint density at radius 1 is 0.520 bits per heavy atom. The Hall–Kier alpha value is 3.22. The molecule has 5 radical (unpaired) electrons. The fraction of sp³-hybridized carbons (Fsp3) is 0.474. The first kappa shape index (κ1) is 99.3. The van der Waals surface area contributed by atoms with E-state index in [2.05, 4.69) is 47.2 Å². The van der Waals surface area contributed by atoms with Crippen LogP contribution in [-0.4, -0.2) is 154 Å². The van der Waals surface area contributed by atoms with E-state index in [0.717, 1.165) is 36.5 Å². The van der Waals surface area contributed by atoms with Crippen molar-refractivity contribution in [3.63, 3.8) is 0 Å². The third-order valence-electron chi connectivity index (χ3n) is 1.10. The summed E-state index contributed by atoms with van der Waals surface area (Å²) in [6.07, 6.45) is 6.30. The molecule has 20 nitrogen and oxygen atoms in total. The average Bonchev–Trinajstić information content (AvgIpc) is 3.00. The summed E-state index contributed by atoms with van der Waals surface area (Å²) < 4.78 is 27.9. The van der Waals surface area contributed by atoms with Gasteiger partial charge < -0.3 is 112 Å². The zero-order valence-corrected chi connectivity index (χ0v) is 44.9. The smallest absolute Gasteiger partial charge is 0.0738 e. The number of thiol groups is 2. The molecule has 0 aliphatic heterocycles. The van der Waals surface area contributed by atoms with E-state index in [1.807, 2.05) is 0 Å². The van der Waals surface area contributed by atoms with Crippen LogP contribution in [-0.2, 0) is 233 Å². The molecule has 2 unspecified atom stereocenters. The van der Waals surface area contributed by atoms with Crippen LogP contribution in [0, 0.1) is 12.5 Å². The van der Waals surface area contributed by atoms with E-state index in [-0.39, 0.29) is 213 Å². The predicted molar refractivity (Wildman–Crippen MR) is 171 cm³/mol. The first-order chi connectivity index (χ1) is 21.4. The molecule has 0 rings (SSSR count). The Morgan fingerprint density at radius 3 is 0.740 bits per heavy atom. The van der Waals surface area contributed by atoms with Gasteiger partial charge in [0, 0.05) is 179 Å². The van der Waals surface area contributed by atoms with E-state index in [4.69, 9.17) is 69.6 Å². The van der Waals surface area contributed by atoms with Gasteiger partial charge in [-0.05, 0) is 0 Å². The topological polar surface area (TPSA) is 351 Å². The average molecular weight is 1220 g/mol. The van der Waals surface area contributed by atoms with E-state index in [1.165, 1.54) is 11.2 Å². The van der Waals surface area contributed by atoms with Gasteiger partial charge in [-0.3, -0.25) is 20.9 Å². The molecule has 0 aliphatic carbocycles. The maximum absolute atomic E-state index is 10.0. The molecule has 0 heterocycles. The molecule has 0 aromatic carbocycles. The quantitative estimate of drug-likeness (QED) is 0.0378. The molecule has 0 saturated carbocycles. The van der Waals surface area contributed by atoms with E-state index in [9.17, 15) is 18.0 Å². The number of hydrogen-bond donors (Lipinski definition) is 10. The minimum Gasteiger partial charge on any atom is -0.665 e. The fourth-order valence-corrected chi connectivity index (χ4v) is 1.79. The van der Waals surface area contributed by atoms with Gasteiger partial charge in [-0.25, -0.2) is 11.2 Å². The third-order valence-corrected chi connectivity index (χ3v) is 4.38. The van der Waals surface area contributed by atoms with Gasteiger partial charge in [-0.15, -0.1) is 21.6 Å². The first-order valence-electron chi connectivity index (χ1n) is 9.38. The second-order valence-corrected chi connectivity index (χ2v) is 9.52. The molecule has 50 heavy (non-hydrogen) atoms. The minimum absolute atomic E-state index is 0. The Balaban J connectivity index is -0.0000000211. The van der Waals surface area contributed by atoms with Crippen LogP contribution in [0.15, 0.2) is 0 Å². The fourth-order valence-electron chi connectivity index (χ4n) is 0.354. The van der Waals surface area contributed by atoms with E-state index in [1.54, 1.807) is 0 Å². The van der Waals surface area contributed by atoms with Gasteiger partial charge in [0.1, 0.15) is 0 Å². The Kier molecular flexibility index (Phi) is 298. The number of thioether (sulfide) groups is 2. The minimum atomic E-state index is -1.11. The summed E-state index contributed by atoms with van der Waals surface area (Å²) in [4.78, 5) is 69.9. The summed E-state index contributed by atoms with van der Waals surface area (Å²) in [5.41, 5.74) is 3.07.